The van der Waals surface area contributed by atoms with Crippen molar-refractivity contribution in [3.8, 4) is 0 Å². The van der Waals surface area contributed by atoms with Gasteiger partial charge in [-0.25, -0.2) is 4.79 Å². The Kier molecular flexibility index (Phi) is 5.70. The van der Waals surface area contributed by atoms with Crippen LogP contribution in [-0.2, 0) is 9.53 Å². The van der Waals surface area contributed by atoms with Gasteiger partial charge in [-0.1, -0.05) is 13.3 Å². The number of ketones is 1. The number of hydrogen-bond donors (Lipinski definition) is 4. The predicted molar refractivity (Wildman–Crippen MR) is 82.5 cm³/mol. The van der Waals surface area contributed by atoms with E-state index in [1.807, 2.05) is 6.92 Å². The third kappa shape index (κ3) is 3.48. The van der Waals surface area contributed by atoms with Gasteiger partial charge in [0.05, 0.1) is 0 Å². The van der Waals surface area contributed by atoms with E-state index >= 15 is 0 Å². The fraction of sp³-hybridized carbons (Fsp3) is 0.667. The van der Waals surface area contributed by atoms with Crippen LogP contribution in [0.2, 0.25) is 0 Å². The first-order valence-corrected chi connectivity index (χ1v) is 7.82. The first kappa shape index (κ1) is 18.5. The van der Waals surface area contributed by atoms with E-state index < -0.39 is 47.7 Å². The predicted octanol–water partition coefficient (Wildman–Crippen LogP) is -1.42. The Morgan fingerprint density at radius 2 is 2.04 bits per heavy atom. The molecule has 0 amide bonds. The lowest BCUT2D eigenvalue weighted by Gasteiger charge is -2.20. The van der Waals surface area contributed by atoms with Crippen molar-refractivity contribution in [2.24, 2.45) is 0 Å². The number of aliphatic hydroxyl groups excluding tert-OH is 3. The van der Waals surface area contributed by atoms with Crippen LogP contribution in [-0.4, -0.2) is 55.1 Å². The number of aromatic amines is 1. The smallest absolute Gasteiger partial charge is 0.330 e. The van der Waals surface area contributed by atoms with Gasteiger partial charge in [0, 0.05) is 18.2 Å². The lowest BCUT2D eigenvalue weighted by atomic mass is 9.99. The molecule has 24 heavy (non-hydrogen) atoms. The van der Waals surface area contributed by atoms with Crippen LogP contribution in [0.25, 0.3) is 0 Å². The number of aromatic nitrogens is 2. The Morgan fingerprint density at radius 3 is 2.67 bits per heavy atom. The van der Waals surface area contributed by atoms with E-state index in [9.17, 15) is 29.7 Å². The molecule has 9 heteroatoms. The minimum absolute atomic E-state index is 0.128. The van der Waals surface area contributed by atoms with E-state index in [0.717, 1.165) is 11.0 Å². The van der Waals surface area contributed by atoms with Gasteiger partial charge in [-0.2, -0.15) is 0 Å². The topological polar surface area (TPSA) is 142 Å². The summed E-state index contributed by atoms with van der Waals surface area (Å²) in [5, 5.41) is 30.3. The number of H-pyrrole nitrogens is 1. The SMILES string of the molecule is CCCCC(=O)C(O)[C@H]1O[C@@H](n2cc(C)c(=O)[nH]c2=O)[C@@H](O)[C@@H]1O. The highest BCUT2D eigenvalue weighted by atomic mass is 16.6. The quantitative estimate of drug-likeness (QED) is 0.497. The molecular formula is C15H22N2O7. The Bertz CT molecular complexity index is 711. The van der Waals surface area contributed by atoms with Crippen LogP contribution in [0.3, 0.4) is 0 Å². The molecule has 1 aromatic heterocycles. The molecule has 1 unspecified atom stereocenters. The van der Waals surface area contributed by atoms with Gasteiger partial charge in [-0.15, -0.1) is 0 Å². The normalized spacial score (nSPS) is 28.0. The summed E-state index contributed by atoms with van der Waals surface area (Å²) in [6.07, 6.45) is -4.69. The standard InChI is InChI=1S/C15H22N2O7/c1-3-4-5-8(18)9(19)12-10(20)11(21)14(24-12)17-6-7(2)13(22)16-15(17)23/h6,9-12,14,19-21H,3-5H2,1-2H3,(H,16,22,23)/t9?,10-,11-,12+,14+/m0/s1. The Labute approximate surface area is 137 Å². The van der Waals surface area contributed by atoms with Crippen LogP contribution in [0.1, 0.15) is 38.0 Å². The molecule has 0 radical (unpaired) electrons. The molecule has 9 nitrogen and oxygen atoms in total. The zero-order valence-corrected chi connectivity index (χ0v) is 13.5. The Morgan fingerprint density at radius 1 is 1.38 bits per heavy atom. The second-order valence-corrected chi connectivity index (χ2v) is 5.97. The van der Waals surface area contributed by atoms with Crippen LogP contribution in [0.4, 0.5) is 0 Å². The molecule has 0 aliphatic carbocycles. The molecule has 1 fully saturated rings. The second-order valence-electron chi connectivity index (χ2n) is 5.97. The highest BCUT2D eigenvalue weighted by Crippen LogP contribution is 2.30. The molecule has 4 N–H and O–H groups in total. The largest absolute Gasteiger partial charge is 0.387 e. The highest BCUT2D eigenvalue weighted by molar-refractivity contribution is 5.83. The lowest BCUT2D eigenvalue weighted by molar-refractivity contribution is -0.141. The summed E-state index contributed by atoms with van der Waals surface area (Å²) < 4.78 is 6.31. The summed E-state index contributed by atoms with van der Waals surface area (Å²) in [4.78, 5) is 37.3. The number of ether oxygens (including phenoxy) is 1. The molecule has 1 saturated heterocycles. The third-order valence-corrected chi connectivity index (χ3v) is 4.11. The van der Waals surface area contributed by atoms with Gasteiger partial charge in [-0.05, 0) is 13.3 Å². The van der Waals surface area contributed by atoms with E-state index in [2.05, 4.69) is 4.98 Å². The van der Waals surface area contributed by atoms with Crippen molar-refractivity contribution in [2.75, 3.05) is 0 Å². The minimum Gasteiger partial charge on any atom is -0.387 e. The maximum absolute atomic E-state index is 11.9. The van der Waals surface area contributed by atoms with Crippen LogP contribution in [0, 0.1) is 6.92 Å². The molecule has 0 spiro atoms. The fourth-order valence-electron chi connectivity index (χ4n) is 2.63. The number of nitrogens with one attached hydrogen (secondary N) is 1. The van der Waals surface area contributed by atoms with Crippen molar-refractivity contribution in [1.82, 2.24) is 9.55 Å². The number of aryl methyl sites for hydroxylation is 1. The van der Waals surface area contributed by atoms with Crippen molar-refractivity contribution in [3.63, 3.8) is 0 Å². The zero-order valence-electron chi connectivity index (χ0n) is 13.5. The van der Waals surface area contributed by atoms with Gasteiger partial charge in [0.25, 0.3) is 5.56 Å². The molecule has 0 saturated carbocycles. The van der Waals surface area contributed by atoms with Crippen molar-refractivity contribution in [3.05, 3.63) is 32.6 Å². The van der Waals surface area contributed by atoms with Crippen LogP contribution >= 0.6 is 0 Å². The highest BCUT2D eigenvalue weighted by Gasteiger charge is 2.48. The number of unbranched alkanes of at least 4 members (excludes halogenated alkanes) is 1. The van der Waals surface area contributed by atoms with Crippen LogP contribution in [0.15, 0.2) is 15.8 Å². The van der Waals surface area contributed by atoms with Gasteiger partial charge >= 0.3 is 5.69 Å². The summed E-state index contributed by atoms with van der Waals surface area (Å²) in [6.45, 7) is 3.36. The van der Waals surface area contributed by atoms with E-state index in [4.69, 9.17) is 4.74 Å². The Hall–Kier alpha value is -1.81. The molecule has 2 heterocycles. The lowest BCUT2D eigenvalue weighted by Crippen LogP contribution is -2.42. The van der Waals surface area contributed by atoms with Crippen molar-refractivity contribution in [2.45, 2.75) is 63.8 Å². The monoisotopic (exact) mass is 342 g/mol. The van der Waals surface area contributed by atoms with E-state index in [1.165, 1.54) is 13.1 Å². The summed E-state index contributed by atoms with van der Waals surface area (Å²) in [6, 6.07) is 0. The first-order chi connectivity index (χ1) is 11.3. The fourth-order valence-corrected chi connectivity index (χ4v) is 2.63. The molecular weight excluding hydrogens is 320 g/mol. The number of aliphatic hydroxyl groups is 3. The molecule has 5 atom stereocenters. The zero-order chi connectivity index (χ0) is 18.0. The Balaban J connectivity index is 2.24. The summed E-state index contributed by atoms with van der Waals surface area (Å²) >= 11 is 0. The van der Waals surface area contributed by atoms with Crippen molar-refractivity contribution < 1.29 is 24.9 Å². The van der Waals surface area contributed by atoms with Crippen LogP contribution in [0.5, 0.6) is 0 Å². The number of hydrogen-bond acceptors (Lipinski definition) is 7. The average molecular weight is 342 g/mol. The first-order valence-electron chi connectivity index (χ1n) is 7.82. The molecule has 1 aliphatic rings. The van der Waals surface area contributed by atoms with E-state index in [-0.39, 0.29) is 12.0 Å². The summed E-state index contributed by atoms with van der Waals surface area (Å²) in [5.74, 6) is -0.501. The maximum atomic E-state index is 11.9. The number of carbonyl (C=O) groups is 1. The molecule has 2 rings (SSSR count). The molecule has 0 aromatic carbocycles. The van der Waals surface area contributed by atoms with Gasteiger partial charge < -0.3 is 20.1 Å². The summed E-state index contributed by atoms with van der Waals surface area (Å²) in [5.41, 5.74) is -1.19. The van der Waals surface area contributed by atoms with Gasteiger partial charge in [0.15, 0.2) is 12.0 Å². The second kappa shape index (κ2) is 7.39. The van der Waals surface area contributed by atoms with E-state index in [1.54, 1.807) is 0 Å². The van der Waals surface area contributed by atoms with E-state index in [0.29, 0.717) is 6.42 Å². The summed E-state index contributed by atoms with van der Waals surface area (Å²) in [7, 11) is 0. The minimum atomic E-state index is -1.61. The van der Waals surface area contributed by atoms with Crippen LogP contribution < -0.4 is 11.2 Å². The van der Waals surface area contributed by atoms with Gasteiger partial charge in [0.1, 0.15) is 24.4 Å². The molecule has 0 bridgehead atoms. The number of rotatable bonds is 6. The average Bonchev–Trinajstić information content (AvgIpc) is 2.83. The van der Waals surface area contributed by atoms with Gasteiger partial charge in [-0.3, -0.25) is 19.1 Å². The maximum Gasteiger partial charge on any atom is 0.330 e. The molecule has 134 valence electrons. The third-order valence-electron chi connectivity index (χ3n) is 4.11. The number of nitrogens with zero attached hydrogens (tertiary/aromatic N) is 1. The van der Waals surface area contributed by atoms with Crippen molar-refractivity contribution in [1.29, 1.82) is 0 Å². The number of Topliss-reactive ketones (excluding diaryl/α,β-unsaturated/α-hetero) is 1. The molecule has 1 aliphatic heterocycles. The van der Waals surface area contributed by atoms with Crippen molar-refractivity contribution >= 4 is 5.78 Å². The molecule has 1 aromatic rings. The number of carbonyl (C=O) groups excluding carboxylic acids is 1. The van der Waals surface area contributed by atoms with Gasteiger partial charge in [0.2, 0.25) is 0 Å².